The first kappa shape index (κ1) is 27.7. The van der Waals surface area contributed by atoms with Gasteiger partial charge < -0.3 is 14.2 Å². The molecule has 0 saturated heterocycles. The number of carbonyl (C=O) groups excluding carboxylic acids is 2. The van der Waals surface area contributed by atoms with E-state index in [1.807, 2.05) is 41.5 Å². The summed E-state index contributed by atoms with van der Waals surface area (Å²) in [7, 11) is 0. The minimum Gasteiger partial charge on any atom is -0.377 e. The van der Waals surface area contributed by atoms with Gasteiger partial charge >= 0.3 is 11.9 Å². The van der Waals surface area contributed by atoms with Crippen molar-refractivity contribution in [3.05, 3.63) is 0 Å². The molecule has 172 valence electrons. The molecule has 0 radical (unpaired) electrons. The van der Waals surface area contributed by atoms with Crippen LogP contribution in [0, 0.1) is 0 Å². The third-order valence-corrected chi connectivity index (χ3v) is 3.61. The second kappa shape index (κ2) is 15.6. The highest BCUT2D eigenvalue weighted by Crippen LogP contribution is 2.17. The van der Waals surface area contributed by atoms with E-state index in [0.717, 1.165) is 25.7 Å². The van der Waals surface area contributed by atoms with Crippen LogP contribution in [0.25, 0.3) is 0 Å². The van der Waals surface area contributed by atoms with E-state index in [-0.39, 0.29) is 39.6 Å². The lowest BCUT2D eigenvalue weighted by Gasteiger charge is -2.21. The predicted octanol–water partition coefficient (Wildman–Crippen LogP) is 3.14. The Bertz CT molecular complexity index is 409. The number of ether oxygens (including phenoxy) is 3. The highest BCUT2D eigenvalue weighted by Gasteiger charge is 2.22. The van der Waals surface area contributed by atoms with Gasteiger partial charge in [-0.3, -0.25) is 9.78 Å². The summed E-state index contributed by atoms with van der Waals surface area (Å²) in [6.45, 7) is 12.0. The molecule has 0 saturated carbocycles. The SMILES string of the molecule is CCCC(C)(C)OOC(=O)COCCOCCOCC(=O)OOC(C)(C)CCC. The third-order valence-electron chi connectivity index (χ3n) is 3.61. The van der Waals surface area contributed by atoms with Gasteiger partial charge in [-0.15, -0.1) is 0 Å². The van der Waals surface area contributed by atoms with Crippen molar-refractivity contribution in [3.8, 4) is 0 Å². The summed E-state index contributed by atoms with van der Waals surface area (Å²) in [4.78, 5) is 42.6. The molecule has 0 N–H and O–H groups in total. The molecule has 0 amide bonds. The van der Waals surface area contributed by atoms with Crippen molar-refractivity contribution in [3.63, 3.8) is 0 Å². The minimum atomic E-state index is -0.597. The first-order chi connectivity index (χ1) is 13.6. The molecule has 0 aliphatic carbocycles. The van der Waals surface area contributed by atoms with Crippen LogP contribution in [0.5, 0.6) is 0 Å². The zero-order valence-electron chi connectivity index (χ0n) is 18.7. The minimum absolute atomic E-state index is 0.218. The molecular formula is C20H38O9. The molecule has 0 spiro atoms. The van der Waals surface area contributed by atoms with E-state index >= 15 is 0 Å². The summed E-state index contributed by atoms with van der Waals surface area (Å²) in [6.07, 6.45) is 3.40. The fourth-order valence-corrected chi connectivity index (χ4v) is 2.30. The van der Waals surface area contributed by atoms with Gasteiger partial charge in [-0.05, 0) is 40.5 Å². The average molecular weight is 423 g/mol. The van der Waals surface area contributed by atoms with Gasteiger partial charge in [-0.2, -0.15) is 9.78 Å². The van der Waals surface area contributed by atoms with E-state index in [0.29, 0.717) is 0 Å². The number of rotatable bonds is 18. The maximum Gasteiger partial charge on any atom is 0.367 e. The molecule has 9 heteroatoms. The van der Waals surface area contributed by atoms with Gasteiger partial charge in [0.15, 0.2) is 0 Å². The molecule has 0 unspecified atom stereocenters. The van der Waals surface area contributed by atoms with Crippen LogP contribution in [-0.4, -0.2) is 62.8 Å². The lowest BCUT2D eigenvalue weighted by molar-refractivity contribution is -0.328. The zero-order chi connectivity index (χ0) is 22.2. The van der Waals surface area contributed by atoms with Crippen molar-refractivity contribution in [1.82, 2.24) is 0 Å². The van der Waals surface area contributed by atoms with E-state index in [9.17, 15) is 9.59 Å². The van der Waals surface area contributed by atoms with E-state index in [1.165, 1.54) is 0 Å². The normalized spacial score (nSPS) is 12.1. The molecule has 0 fully saturated rings. The van der Waals surface area contributed by atoms with Crippen molar-refractivity contribution in [2.45, 2.75) is 78.4 Å². The molecular weight excluding hydrogens is 384 g/mol. The van der Waals surface area contributed by atoms with Crippen molar-refractivity contribution in [2.24, 2.45) is 0 Å². The average Bonchev–Trinajstić information content (AvgIpc) is 2.63. The van der Waals surface area contributed by atoms with Gasteiger partial charge in [0.25, 0.3) is 0 Å². The lowest BCUT2D eigenvalue weighted by atomic mass is 10.0. The van der Waals surface area contributed by atoms with Crippen LogP contribution in [0.2, 0.25) is 0 Å². The van der Waals surface area contributed by atoms with Crippen LogP contribution in [0.1, 0.15) is 67.2 Å². The quantitative estimate of drug-likeness (QED) is 0.187. The van der Waals surface area contributed by atoms with Crippen molar-refractivity contribution in [2.75, 3.05) is 39.6 Å². The second-order valence-electron chi connectivity index (χ2n) is 7.81. The lowest BCUT2D eigenvalue weighted by Crippen LogP contribution is -2.27. The molecule has 0 aromatic rings. The molecule has 0 bridgehead atoms. The summed E-state index contributed by atoms with van der Waals surface area (Å²) >= 11 is 0. The Morgan fingerprint density at radius 3 is 1.31 bits per heavy atom. The van der Waals surface area contributed by atoms with E-state index < -0.39 is 23.1 Å². The fourth-order valence-electron chi connectivity index (χ4n) is 2.30. The van der Waals surface area contributed by atoms with Gasteiger partial charge in [0.2, 0.25) is 0 Å². The second-order valence-corrected chi connectivity index (χ2v) is 7.81. The van der Waals surface area contributed by atoms with Gasteiger partial charge in [0.05, 0.1) is 26.4 Å². The fraction of sp³-hybridized carbons (Fsp3) is 0.900. The Hall–Kier alpha value is -1.26. The van der Waals surface area contributed by atoms with Crippen molar-refractivity contribution in [1.29, 1.82) is 0 Å². The summed E-state index contributed by atoms with van der Waals surface area (Å²) in [5.41, 5.74) is -1.03. The van der Waals surface area contributed by atoms with E-state index in [1.54, 1.807) is 0 Å². The molecule has 0 aromatic heterocycles. The molecule has 0 rings (SSSR count). The maximum absolute atomic E-state index is 11.5. The number of hydrogen-bond acceptors (Lipinski definition) is 9. The standard InChI is InChI=1S/C20H38O9/c1-7-9-19(3,4)28-26-17(21)15-24-13-11-23-12-14-25-16-18(22)27-29-20(5,6)10-8-2/h7-16H2,1-6H3. The van der Waals surface area contributed by atoms with E-state index in [2.05, 4.69) is 0 Å². The molecule has 0 aliphatic heterocycles. The molecule has 0 atom stereocenters. The summed E-state index contributed by atoms with van der Waals surface area (Å²) < 4.78 is 15.5. The molecule has 0 heterocycles. The Morgan fingerprint density at radius 1 is 0.621 bits per heavy atom. The van der Waals surface area contributed by atoms with Crippen LogP contribution < -0.4 is 0 Å². The Kier molecular flexibility index (Phi) is 14.9. The highest BCUT2D eigenvalue weighted by molar-refractivity contribution is 5.70. The van der Waals surface area contributed by atoms with Crippen LogP contribution >= 0.6 is 0 Å². The number of carbonyl (C=O) groups is 2. The first-order valence-corrected chi connectivity index (χ1v) is 10.1. The smallest absolute Gasteiger partial charge is 0.367 e. The monoisotopic (exact) mass is 422 g/mol. The summed E-state index contributed by atoms with van der Waals surface area (Å²) in [5.74, 6) is -1.19. The van der Waals surface area contributed by atoms with Crippen LogP contribution in [0.4, 0.5) is 0 Å². The Balaban J connectivity index is 3.53. The molecule has 9 nitrogen and oxygen atoms in total. The van der Waals surface area contributed by atoms with Crippen LogP contribution in [0.15, 0.2) is 0 Å². The zero-order valence-corrected chi connectivity index (χ0v) is 18.7. The highest BCUT2D eigenvalue weighted by atomic mass is 17.2. The predicted molar refractivity (Wildman–Crippen MR) is 105 cm³/mol. The molecule has 29 heavy (non-hydrogen) atoms. The topological polar surface area (TPSA) is 98.8 Å². The van der Waals surface area contributed by atoms with Crippen molar-refractivity contribution >= 4 is 11.9 Å². The largest absolute Gasteiger partial charge is 0.377 e. The molecule has 0 aliphatic rings. The van der Waals surface area contributed by atoms with Gasteiger partial charge in [-0.1, -0.05) is 26.7 Å². The first-order valence-electron chi connectivity index (χ1n) is 10.1. The third kappa shape index (κ3) is 17.3. The van der Waals surface area contributed by atoms with Crippen LogP contribution in [-0.2, 0) is 43.3 Å². The Morgan fingerprint density at radius 2 is 0.966 bits per heavy atom. The van der Waals surface area contributed by atoms with E-state index in [4.69, 9.17) is 33.8 Å². The maximum atomic E-state index is 11.5. The van der Waals surface area contributed by atoms with Crippen molar-refractivity contribution < 1.29 is 43.3 Å². The molecule has 0 aromatic carbocycles. The van der Waals surface area contributed by atoms with Crippen LogP contribution in [0.3, 0.4) is 0 Å². The Labute approximate surface area is 174 Å². The summed E-state index contributed by atoms with van der Waals surface area (Å²) in [5, 5.41) is 0. The summed E-state index contributed by atoms with van der Waals surface area (Å²) in [6, 6.07) is 0. The van der Waals surface area contributed by atoms with Gasteiger partial charge in [0.1, 0.15) is 24.4 Å². The van der Waals surface area contributed by atoms with Gasteiger partial charge in [0, 0.05) is 0 Å². The van der Waals surface area contributed by atoms with Gasteiger partial charge in [-0.25, -0.2) is 9.59 Å². The number of hydrogen-bond donors (Lipinski definition) is 0.